The lowest BCUT2D eigenvalue weighted by molar-refractivity contribution is 0.0990. The zero-order valence-corrected chi connectivity index (χ0v) is 11.1. The third kappa shape index (κ3) is 2.71. The Morgan fingerprint density at radius 1 is 1.25 bits per heavy atom. The van der Waals surface area contributed by atoms with Gasteiger partial charge in [-0.25, -0.2) is 4.39 Å². The third-order valence-electron chi connectivity index (χ3n) is 2.94. The Hall–Kier alpha value is -2.56. The number of phenols is 1. The summed E-state index contributed by atoms with van der Waals surface area (Å²) >= 11 is 0. The molecule has 2 rings (SSSR count). The highest BCUT2D eigenvalue weighted by atomic mass is 19.1. The van der Waals surface area contributed by atoms with Gasteiger partial charge in [0.05, 0.1) is 12.7 Å². The molecule has 0 atom stereocenters. The second-order valence-electron chi connectivity index (χ2n) is 4.23. The highest BCUT2D eigenvalue weighted by Gasteiger charge is 2.17. The fourth-order valence-electron chi connectivity index (χ4n) is 1.80. The Kier molecular flexibility index (Phi) is 3.89. The van der Waals surface area contributed by atoms with Crippen LogP contribution in [0, 0.1) is 5.82 Å². The molecule has 0 radical (unpaired) electrons. The van der Waals surface area contributed by atoms with Crippen molar-refractivity contribution < 1.29 is 19.0 Å². The van der Waals surface area contributed by atoms with E-state index in [0.717, 1.165) is 12.1 Å². The summed E-state index contributed by atoms with van der Waals surface area (Å²) in [5.41, 5.74) is 0.648. The van der Waals surface area contributed by atoms with Crippen molar-refractivity contribution in [2.24, 2.45) is 0 Å². The zero-order chi connectivity index (χ0) is 14.7. The largest absolute Gasteiger partial charge is 0.507 e. The summed E-state index contributed by atoms with van der Waals surface area (Å²) in [7, 11) is 3.10. The molecule has 1 amide bonds. The molecule has 5 heteroatoms. The van der Waals surface area contributed by atoms with E-state index < -0.39 is 11.7 Å². The van der Waals surface area contributed by atoms with Crippen LogP contribution in [0.4, 0.5) is 10.1 Å². The minimum atomic E-state index is -0.594. The van der Waals surface area contributed by atoms with Gasteiger partial charge in [-0.1, -0.05) is 6.07 Å². The average molecular weight is 275 g/mol. The fourth-order valence-corrected chi connectivity index (χ4v) is 1.80. The second kappa shape index (κ2) is 5.61. The number of amides is 1. The maximum absolute atomic E-state index is 12.9. The van der Waals surface area contributed by atoms with E-state index >= 15 is 0 Å². The van der Waals surface area contributed by atoms with Crippen molar-refractivity contribution >= 4 is 11.6 Å². The van der Waals surface area contributed by atoms with Crippen LogP contribution in [-0.2, 0) is 0 Å². The Labute approximate surface area is 116 Å². The number of phenolic OH excluding ortho intramolecular Hbond substituents is 1. The molecule has 0 spiro atoms. The Morgan fingerprint density at radius 2 is 2.00 bits per heavy atom. The van der Waals surface area contributed by atoms with Crippen LogP contribution >= 0.6 is 0 Å². The summed E-state index contributed by atoms with van der Waals surface area (Å²) in [6, 6.07) is 10.2. The number of methoxy groups -OCH3 is 1. The maximum Gasteiger partial charge on any atom is 0.261 e. The van der Waals surface area contributed by atoms with E-state index in [1.807, 2.05) is 0 Å². The van der Waals surface area contributed by atoms with Gasteiger partial charge in [0.2, 0.25) is 0 Å². The van der Waals surface area contributed by atoms with E-state index in [1.54, 1.807) is 31.3 Å². The summed E-state index contributed by atoms with van der Waals surface area (Å²) in [5.74, 6) is -0.797. The standard InChI is InChI=1S/C15H14FNO3/c1-17(11-4-3-5-12(9-11)20-2)15(19)13-7-6-10(16)8-14(13)18/h3-9,18H,1-2H3. The average Bonchev–Trinajstić information content (AvgIpc) is 2.46. The summed E-state index contributed by atoms with van der Waals surface area (Å²) < 4.78 is 18.0. The quantitative estimate of drug-likeness (QED) is 0.937. The van der Waals surface area contributed by atoms with Crippen LogP contribution in [0.15, 0.2) is 42.5 Å². The summed E-state index contributed by atoms with van der Waals surface area (Å²) in [6.45, 7) is 0. The molecule has 0 bridgehead atoms. The van der Waals surface area contributed by atoms with E-state index in [4.69, 9.17) is 4.74 Å². The molecular formula is C15H14FNO3. The smallest absolute Gasteiger partial charge is 0.261 e. The molecule has 2 aromatic carbocycles. The summed E-state index contributed by atoms with van der Waals surface area (Å²) in [5, 5.41) is 9.65. The number of benzene rings is 2. The molecule has 0 saturated carbocycles. The van der Waals surface area contributed by atoms with Crippen molar-refractivity contribution in [2.75, 3.05) is 19.1 Å². The van der Waals surface area contributed by atoms with Gasteiger partial charge >= 0.3 is 0 Å². The maximum atomic E-state index is 12.9. The molecule has 0 saturated heterocycles. The fraction of sp³-hybridized carbons (Fsp3) is 0.133. The molecule has 0 aliphatic rings. The van der Waals surface area contributed by atoms with Crippen molar-refractivity contribution in [3.8, 4) is 11.5 Å². The lowest BCUT2D eigenvalue weighted by atomic mass is 10.1. The topological polar surface area (TPSA) is 49.8 Å². The van der Waals surface area contributed by atoms with E-state index in [9.17, 15) is 14.3 Å². The van der Waals surface area contributed by atoms with Crippen LogP contribution in [0.3, 0.4) is 0 Å². The molecule has 1 N–H and O–H groups in total. The van der Waals surface area contributed by atoms with Crippen molar-refractivity contribution in [3.05, 3.63) is 53.8 Å². The summed E-state index contributed by atoms with van der Waals surface area (Å²) in [6.07, 6.45) is 0. The highest BCUT2D eigenvalue weighted by Crippen LogP contribution is 2.24. The molecule has 20 heavy (non-hydrogen) atoms. The van der Waals surface area contributed by atoms with Crippen LogP contribution in [0.2, 0.25) is 0 Å². The van der Waals surface area contributed by atoms with Gasteiger partial charge in [-0.05, 0) is 24.3 Å². The molecule has 0 aliphatic carbocycles. The van der Waals surface area contributed by atoms with E-state index in [1.165, 1.54) is 18.1 Å². The number of carbonyl (C=O) groups excluding carboxylic acids is 1. The van der Waals surface area contributed by atoms with E-state index in [2.05, 4.69) is 0 Å². The van der Waals surface area contributed by atoms with Gasteiger partial charge in [-0.15, -0.1) is 0 Å². The normalized spacial score (nSPS) is 10.2. The van der Waals surface area contributed by atoms with Crippen molar-refractivity contribution in [3.63, 3.8) is 0 Å². The minimum Gasteiger partial charge on any atom is -0.507 e. The molecule has 0 fully saturated rings. The first-order valence-corrected chi connectivity index (χ1v) is 5.93. The monoisotopic (exact) mass is 275 g/mol. The highest BCUT2D eigenvalue weighted by molar-refractivity contribution is 6.07. The summed E-state index contributed by atoms with van der Waals surface area (Å²) in [4.78, 5) is 13.6. The molecule has 4 nitrogen and oxygen atoms in total. The van der Waals surface area contributed by atoms with Crippen LogP contribution < -0.4 is 9.64 Å². The Morgan fingerprint density at radius 3 is 2.65 bits per heavy atom. The molecular weight excluding hydrogens is 261 g/mol. The number of carbonyl (C=O) groups is 1. The van der Waals surface area contributed by atoms with Crippen LogP contribution in [0.5, 0.6) is 11.5 Å². The van der Waals surface area contributed by atoms with Crippen LogP contribution in [-0.4, -0.2) is 25.2 Å². The number of anilines is 1. The molecule has 2 aromatic rings. The van der Waals surface area contributed by atoms with Gasteiger partial charge in [0.15, 0.2) is 0 Å². The van der Waals surface area contributed by atoms with Gasteiger partial charge in [0, 0.05) is 24.9 Å². The van der Waals surface area contributed by atoms with Gasteiger partial charge < -0.3 is 14.7 Å². The van der Waals surface area contributed by atoms with Crippen LogP contribution in [0.1, 0.15) is 10.4 Å². The zero-order valence-electron chi connectivity index (χ0n) is 11.1. The molecule has 0 aromatic heterocycles. The number of ether oxygens (including phenoxy) is 1. The predicted molar refractivity (Wildman–Crippen MR) is 73.8 cm³/mol. The van der Waals surface area contributed by atoms with E-state index in [-0.39, 0.29) is 11.3 Å². The van der Waals surface area contributed by atoms with Gasteiger partial charge in [-0.2, -0.15) is 0 Å². The molecule has 0 aliphatic heterocycles. The van der Waals surface area contributed by atoms with Gasteiger partial charge in [0.25, 0.3) is 5.91 Å². The molecule has 0 unspecified atom stereocenters. The lowest BCUT2D eigenvalue weighted by Crippen LogP contribution is -2.26. The lowest BCUT2D eigenvalue weighted by Gasteiger charge is -2.18. The number of hydrogen-bond donors (Lipinski definition) is 1. The molecule has 0 heterocycles. The van der Waals surface area contributed by atoms with E-state index in [0.29, 0.717) is 11.4 Å². The minimum absolute atomic E-state index is 0.0386. The van der Waals surface area contributed by atoms with Crippen molar-refractivity contribution in [1.82, 2.24) is 0 Å². The first-order chi connectivity index (χ1) is 9.52. The number of halogens is 1. The number of rotatable bonds is 3. The van der Waals surface area contributed by atoms with Crippen molar-refractivity contribution in [2.45, 2.75) is 0 Å². The van der Waals surface area contributed by atoms with Crippen molar-refractivity contribution in [1.29, 1.82) is 0 Å². The number of hydrogen-bond acceptors (Lipinski definition) is 3. The number of aromatic hydroxyl groups is 1. The second-order valence-corrected chi connectivity index (χ2v) is 4.23. The first kappa shape index (κ1) is 13.9. The van der Waals surface area contributed by atoms with Gasteiger partial charge in [-0.3, -0.25) is 4.79 Å². The predicted octanol–water partition coefficient (Wildman–Crippen LogP) is 2.82. The number of nitrogens with zero attached hydrogens (tertiary/aromatic N) is 1. The Bertz CT molecular complexity index is 643. The Balaban J connectivity index is 2.32. The molecule has 104 valence electrons. The third-order valence-corrected chi connectivity index (χ3v) is 2.94. The SMILES string of the molecule is COc1cccc(N(C)C(=O)c2ccc(F)cc2O)c1. The first-order valence-electron chi connectivity index (χ1n) is 5.93. The van der Waals surface area contributed by atoms with Gasteiger partial charge in [0.1, 0.15) is 17.3 Å². The van der Waals surface area contributed by atoms with Crippen LogP contribution in [0.25, 0.3) is 0 Å².